The molecule has 2 atom stereocenters. The van der Waals surface area contributed by atoms with Gasteiger partial charge in [0.2, 0.25) is 0 Å². The minimum Gasteiger partial charge on any atom is -0.478 e. The number of rotatable bonds is 4. The molecule has 1 saturated carbocycles. The van der Waals surface area contributed by atoms with Crippen LogP contribution in [0.1, 0.15) is 35.2 Å². The molecule has 0 saturated heterocycles. The second-order valence-electron chi connectivity index (χ2n) is 4.78. The van der Waals surface area contributed by atoms with Gasteiger partial charge in [0.1, 0.15) is 11.4 Å². The van der Waals surface area contributed by atoms with E-state index in [2.05, 4.69) is 10.3 Å². The number of nitrogens with zero attached hydrogens (tertiary/aromatic N) is 1. The van der Waals surface area contributed by atoms with Crippen LogP contribution in [0.4, 0.5) is 5.82 Å². The minimum absolute atomic E-state index is 0.113. The molecule has 5 heteroatoms. The van der Waals surface area contributed by atoms with E-state index in [0.29, 0.717) is 11.4 Å². The maximum Gasteiger partial charge on any atom is 0.339 e. The third kappa shape index (κ3) is 2.46. The van der Waals surface area contributed by atoms with Gasteiger partial charge in [-0.25, -0.2) is 9.78 Å². The molecule has 0 spiro atoms. The summed E-state index contributed by atoms with van der Waals surface area (Å²) >= 11 is 0. The van der Waals surface area contributed by atoms with Crippen LogP contribution >= 0.6 is 0 Å². The molecule has 0 radical (unpaired) electrons. The lowest BCUT2D eigenvalue weighted by atomic mass is 10.0. The van der Waals surface area contributed by atoms with Crippen LogP contribution in [0.25, 0.3) is 0 Å². The Morgan fingerprint density at radius 3 is 3.00 bits per heavy atom. The summed E-state index contributed by atoms with van der Waals surface area (Å²) in [4.78, 5) is 15.4. The predicted molar refractivity (Wildman–Crippen MR) is 67.8 cm³/mol. The van der Waals surface area contributed by atoms with Crippen LogP contribution in [-0.2, 0) is 0 Å². The molecule has 98 valence electrons. The summed E-state index contributed by atoms with van der Waals surface area (Å²) in [5.41, 5.74) is 0.916. The van der Waals surface area contributed by atoms with Gasteiger partial charge in [-0.05, 0) is 31.4 Å². The van der Waals surface area contributed by atoms with Gasteiger partial charge in [0, 0.05) is 24.8 Å². The van der Waals surface area contributed by atoms with Crippen molar-refractivity contribution >= 4 is 11.8 Å². The third-order valence-corrected chi connectivity index (χ3v) is 3.59. The lowest BCUT2D eigenvalue weighted by Crippen LogP contribution is -2.28. The van der Waals surface area contributed by atoms with Crippen LogP contribution < -0.4 is 5.32 Å². The summed E-state index contributed by atoms with van der Waals surface area (Å²) in [6.07, 6.45) is 4.58. The predicted octanol–water partition coefficient (Wildman–Crippen LogP) is 1.66. The van der Waals surface area contributed by atoms with Crippen molar-refractivity contribution in [2.45, 2.75) is 32.2 Å². The minimum atomic E-state index is -0.971. The van der Waals surface area contributed by atoms with Crippen LogP contribution in [0.5, 0.6) is 0 Å². The smallest absolute Gasteiger partial charge is 0.339 e. The highest BCUT2D eigenvalue weighted by Gasteiger charge is 2.28. The zero-order valence-electron chi connectivity index (χ0n) is 10.4. The topological polar surface area (TPSA) is 82.5 Å². The highest BCUT2D eigenvalue weighted by molar-refractivity contribution is 5.94. The van der Waals surface area contributed by atoms with Gasteiger partial charge in [0.25, 0.3) is 0 Å². The van der Waals surface area contributed by atoms with Crippen molar-refractivity contribution in [1.29, 1.82) is 0 Å². The number of aromatic carboxylic acids is 1. The van der Waals surface area contributed by atoms with Crippen molar-refractivity contribution in [1.82, 2.24) is 4.98 Å². The second kappa shape index (κ2) is 5.35. The molecule has 0 amide bonds. The number of pyridine rings is 1. The first-order valence-corrected chi connectivity index (χ1v) is 6.19. The summed E-state index contributed by atoms with van der Waals surface area (Å²) < 4.78 is 0. The fourth-order valence-corrected chi connectivity index (χ4v) is 2.56. The van der Waals surface area contributed by atoms with E-state index in [-0.39, 0.29) is 24.1 Å². The average molecular weight is 250 g/mol. The van der Waals surface area contributed by atoms with E-state index in [1.165, 1.54) is 0 Å². The Hall–Kier alpha value is -1.62. The number of aliphatic hydroxyl groups is 1. The van der Waals surface area contributed by atoms with Crippen LogP contribution in [0.15, 0.2) is 12.3 Å². The second-order valence-corrected chi connectivity index (χ2v) is 4.78. The number of aryl methyl sites for hydroxylation is 1. The molecule has 5 nitrogen and oxygen atoms in total. The molecule has 1 fully saturated rings. The molecule has 0 aliphatic heterocycles. The van der Waals surface area contributed by atoms with Gasteiger partial charge >= 0.3 is 5.97 Å². The van der Waals surface area contributed by atoms with Gasteiger partial charge in [-0.3, -0.25) is 0 Å². The molecule has 3 N–H and O–H groups in total. The van der Waals surface area contributed by atoms with Crippen LogP contribution in [0.3, 0.4) is 0 Å². The van der Waals surface area contributed by atoms with Crippen LogP contribution in [0, 0.1) is 12.8 Å². The van der Waals surface area contributed by atoms with E-state index < -0.39 is 5.97 Å². The highest BCUT2D eigenvalue weighted by Crippen LogP contribution is 2.29. The van der Waals surface area contributed by atoms with Gasteiger partial charge in [-0.1, -0.05) is 6.42 Å². The van der Waals surface area contributed by atoms with E-state index >= 15 is 0 Å². The number of aromatic nitrogens is 1. The Morgan fingerprint density at radius 2 is 2.33 bits per heavy atom. The Kier molecular flexibility index (Phi) is 3.81. The molecule has 1 heterocycles. The third-order valence-electron chi connectivity index (χ3n) is 3.59. The molecule has 0 aromatic carbocycles. The number of hydrogen-bond donors (Lipinski definition) is 3. The zero-order chi connectivity index (χ0) is 13.1. The maximum absolute atomic E-state index is 11.2. The summed E-state index contributed by atoms with van der Waals surface area (Å²) in [5.74, 6) is -0.372. The number of hydrogen-bond acceptors (Lipinski definition) is 4. The number of carboxylic acids is 1. The van der Waals surface area contributed by atoms with E-state index in [0.717, 1.165) is 19.3 Å². The van der Waals surface area contributed by atoms with Gasteiger partial charge in [0.05, 0.1) is 0 Å². The maximum atomic E-state index is 11.2. The average Bonchev–Trinajstić information content (AvgIpc) is 2.76. The fraction of sp³-hybridized carbons (Fsp3) is 0.538. The normalized spacial score (nSPS) is 23.0. The number of anilines is 1. The van der Waals surface area contributed by atoms with E-state index in [4.69, 9.17) is 0 Å². The van der Waals surface area contributed by atoms with E-state index in [1.807, 2.05) is 0 Å². The molecule has 18 heavy (non-hydrogen) atoms. The van der Waals surface area contributed by atoms with Crippen molar-refractivity contribution in [3.63, 3.8) is 0 Å². The molecule has 0 bridgehead atoms. The Bertz CT molecular complexity index is 448. The molecule has 1 aliphatic carbocycles. The monoisotopic (exact) mass is 250 g/mol. The van der Waals surface area contributed by atoms with Crippen molar-refractivity contribution < 1.29 is 15.0 Å². The van der Waals surface area contributed by atoms with Gasteiger partial charge < -0.3 is 15.5 Å². The molecular weight excluding hydrogens is 232 g/mol. The van der Waals surface area contributed by atoms with E-state index in [1.54, 1.807) is 19.2 Å². The quantitative estimate of drug-likeness (QED) is 0.757. The Balaban J connectivity index is 2.23. The zero-order valence-corrected chi connectivity index (χ0v) is 10.4. The lowest BCUT2D eigenvalue weighted by molar-refractivity contribution is 0.0696. The fourth-order valence-electron chi connectivity index (χ4n) is 2.56. The first-order chi connectivity index (χ1) is 8.63. The van der Waals surface area contributed by atoms with Crippen molar-refractivity contribution in [3.8, 4) is 0 Å². The van der Waals surface area contributed by atoms with Gasteiger partial charge in [-0.15, -0.1) is 0 Å². The molecule has 2 rings (SSSR count). The van der Waals surface area contributed by atoms with Crippen molar-refractivity contribution in [3.05, 3.63) is 23.4 Å². The number of carboxylic acid groups (broad SMARTS) is 1. The summed E-state index contributed by atoms with van der Waals surface area (Å²) in [7, 11) is 0. The number of aliphatic hydroxyl groups excluding tert-OH is 1. The summed E-state index contributed by atoms with van der Waals surface area (Å²) in [6, 6.07) is 1.80. The van der Waals surface area contributed by atoms with Gasteiger partial charge in [0.15, 0.2) is 0 Å². The van der Waals surface area contributed by atoms with Crippen molar-refractivity contribution in [2.75, 3.05) is 11.9 Å². The Morgan fingerprint density at radius 1 is 1.56 bits per heavy atom. The first-order valence-electron chi connectivity index (χ1n) is 6.19. The molecule has 1 aliphatic rings. The van der Waals surface area contributed by atoms with Gasteiger partial charge in [-0.2, -0.15) is 0 Å². The lowest BCUT2D eigenvalue weighted by Gasteiger charge is -2.21. The van der Waals surface area contributed by atoms with Crippen molar-refractivity contribution in [2.24, 2.45) is 5.92 Å². The number of nitrogens with one attached hydrogen (secondary N) is 1. The van der Waals surface area contributed by atoms with E-state index in [9.17, 15) is 15.0 Å². The summed E-state index contributed by atoms with van der Waals surface area (Å²) in [6.45, 7) is 1.89. The van der Waals surface area contributed by atoms with Crippen LogP contribution in [-0.4, -0.2) is 33.8 Å². The first kappa shape index (κ1) is 12.8. The standard InChI is InChI=1S/C13H18N2O3/c1-8-5-6-14-12(11(8)13(17)18)15-10-4-2-3-9(10)7-16/h5-6,9-10,16H,2-4,7H2,1H3,(H,14,15)(H,17,18). The van der Waals surface area contributed by atoms with Crippen LogP contribution in [0.2, 0.25) is 0 Å². The largest absolute Gasteiger partial charge is 0.478 e. The molecule has 1 aromatic heterocycles. The highest BCUT2D eigenvalue weighted by atomic mass is 16.4. The Labute approximate surface area is 106 Å². The molecule has 1 aromatic rings. The SMILES string of the molecule is Cc1ccnc(NC2CCCC2CO)c1C(=O)O. The molecular formula is C13H18N2O3. The summed E-state index contributed by atoms with van der Waals surface area (Å²) in [5, 5.41) is 21.7. The number of carbonyl (C=O) groups is 1. The molecule has 2 unspecified atom stereocenters.